The van der Waals surface area contributed by atoms with E-state index in [-0.39, 0.29) is 0 Å². The van der Waals surface area contributed by atoms with Gasteiger partial charge in [-0.3, -0.25) is 0 Å². The van der Waals surface area contributed by atoms with Crippen molar-refractivity contribution in [2.24, 2.45) is 0 Å². The quantitative estimate of drug-likeness (QED) is 0.588. The average molecular weight is 292 g/mol. The van der Waals surface area contributed by atoms with Crippen molar-refractivity contribution < 1.29 is 4.74 Å². The van der Waals surface area contributed by atoms with E-state index in [1.165, 1.54) is 10.5 Å². The molecular weight excluding hydrogens is 276 g/mol. The standard InChI is InChI=1S/C19H16OS/c1-15-11-13-17(14-12-15)21-19-10-6-5-9-18(19)20-16-7-3-2-4-8-16/h2-14H,1H3. The van der Waals surface area contributed by atoms with Crippen LogP contribution in [0, 0.1) is 6.92 Å². The fourth-order valence-corrected chi connectivity index (χ4v) is 2.85. The van der Waals surface area contributed by atoms with Gasteiger partial charge in [-0.25, -0.2) is 0 Å². The maximum Gasteiger partial charge on any atom is 0.141 e. The van der Waals surface area contributed by atoms with Crippen molar-refractivity contribution in [2.45, 2.75) is 16.7 Å². The lowest BCUT2D eigenvalue weighted by molar-refractivity contribution is 0.471. The molecule has 0 aliphatic carbocycles. The van der Waals surface area contributed by atoms with Gasteiger partial charge in [-0.15, -0.1) is 0 Å². The van der Waals surface area contributed by atoms with Crippen LogP contribution in [0.2, 0.25) is 0 Å². The van der Waals surface area contributed by atoms with Crippen LogP contribution in [0.3, 0.4) is 0 Å². The molecule has 0 heterocycles. The minimum Gasteiger partial charge on any atom is -0.456 e. The maximum atomic E-state index is 5.98. The maximum absolute atomic E-state index is 5.98. The van der Waals surface area contributed by atoms with Gasteiger partial charge in [-0.05, 0) is 43.3 Å². The third-order valence-electron chi connectivity index (χ3n) is 3.07. The second-order valence-corrected chi connectivity index (χ2v) is 5.89. The van der Waals surface area contributed by atoms with E-state index in [0.29, 0.717) is 0 Å². The predicted molar refractivity (Wildman–Crippen MR) is 88.3 cm³/mol. The van der Waals surface area contributed by atoms with Gasteiger partial charge in [0, 0.05) is 4.90 Å². The molecule has 2 heteroatoms. The minimum absolute atomic E-state index is 0.856. The van der Waals surface area contributed by atoms with Gasteiger partial charge in [0.05, 0.1) is 4.90 Å². The predicted octanol–water partition coefficient (Wildman–Crippen LogP) is 5.94. The van der Waals surface area contributed by atoms with E-state index in [2.05, 4.69) is 37.3 Å². The summed E-state index contributed by atoms with van der Waals surface area (Å²) < 4.78 is 5.98. The molecule has 3 aromatic carbocycles. The lowest BCUT2D eigenvalue weighted by Gasteiger charge is -2.10. The Morgan fingerprint density at radius 2 is 1.38 bits per heavy atom. The Morgan fingerprint density at radius 1 is 0.714 bits per heavy atom. The molecule has 0 radical (unpaired) electrons. The van der Waals surface area contributed by atoms with Crippen molar-refractivity contribution in [3.63, 3.8) is 0 Å². The van der Waals surface area contributed by atoms with E-state index >= 15 is 0 Å². The summed E-state index contributed by atoms with van der Waals surface area (Å²) in [5.41, 5.74) is 1.27. The number of aryl methyl sites for hydroxylation is 1. The van der Waals surface area contributed by atoms with Crippen LogP contribution in [-0.2, 0) is 0 Å². The fourth-order valence-electron chi connectivity index (χ4n) is 1.97. The summed E-state index contributed by atoms with van der Waals surface area (Å²) in [5, 5.41) is 0. The first kappa shape index (κ1) is 13.8. The molecule has 0 spiro atoms. The zero-order valence-electron chi connectivity index (χ0n) is 11.8. The highest BCUT2D eigenvalue weighted by atomic mass is 32.2. The molecule has 0 atom stereocenters. The van der Waals surface area contributed by atoms with Gasteiger partial charge in [0.2, 0.25) is 0 Å². The van der Waals surface area contributed by atoms with Gasteiger partial charge in [-0.2, -0.15) is 0 Å². The van der Waals surface area contributed by atoms with Gasteiger partial charge in [0.25, 0.3) is 0 Å². The van der Waals surface area contributed by atoms with Crippen LogP contribution in [0.1, 0.15) is 5.56 Å². The molecule has 0 unspecified atom stereocenters. The number of benzene rings is 3. The van der Waals surface area contributed by atoms with Crippen molar-refractivity contribution in [1.29, 1.82) is 0 Å². The Bertz CT molecular complexity index is 705. The van der Waals surface area contributed by atoms with Crippen molar-refractivity contribution in [2.75, 3.05) is 0 Å². The molecule has 104 valence electrons. The molecular formula is C19H16OS. The van der Waals surface area contributed by atoms with Crippen LogP contribution in [-0.4, -0.2) is 0 Å². The zero-order chi connectivity index (χ0) is 14.5. The Kier molecular flexibility index (Phi) is 4.27. The third-order valence-corrected chi connectivity index (χ3v) is 4.13. The second kappa shape index (κ2) is 6.51. The molecule has 0 bridgehead atoms. The highest BCUT2D eigenvalue weighted by Crippen LogP contribution is 2.36. The zero-order valence-corrected chi connectivity index (χ0v) is 12.6. The molecule has 21 heavy (non-hydrogen) atoms. The van der Waals surface area contributed by atoms with Gasteiger partial charge < -0.3 is 4.74 Å². The highest BCUT2D eigenvalue weighted by Gasteiger charge is 2.06. The first-order valence-corrected chi connectivity index (χ1v) is 7.69. The molecule has 3 aromatic rings. The molecule has 0 saturated heterocycles. The van der Waals surface area contributed by atoms with Gasteiger partial charge in [0.15, 0.2) is 0 Å². The monoisotopic (exact) mass is 292 g/mol. The SMILES string of the molecule is Cc1ccc(Sc2ccccc2Oc2ccccc2)cc1. The molecule has 1 nitrogen and oxygen atoms in total. The second-order valence-electron chi connectivity index (χ2n) is 4.78. The van der Waals surface area contributed by atoms with Crippen LogP contribution in [0.5, 0.6) is 11.5 Å². The lowest BCUT2D eigenvalue weighted by Crippen LogP contribution is -1.86. The van der Waals surface area contributed by atoms with Crippen molar-refractivity contribution in [1.82, 2.24) is 0 Å². The van der Waals surface area contributed by atoms with E-state index in [9.17, 15) is 0 Å². The molecule has 0 amide bonds. The van der Waals surface area contributed by atoms with Crippen molar-refractivity contribution in [3.8, 4) is 11.5 Å². The number of ether oxygens (including phenoxy) is 1. The number of para-hydroxylation sites is 2. The molecule has 0 fully saturated rings. The summed E-state index contributed by atoms with van der Waals surface area (Å²) in [7, 11) is 0. The molecule has 0 aliphatic heterocycles. The van der Waals surface area contributed by atoms with Crippen LogP contribution in [0.4, 0.5) is 0 Å². The summed E-state index contributed by atoms with van der Waals surface area (Å²) in [6.45, 7) is 2.10. The van der Waals surface area contributed by atoms with E-state index < -0.39 is 0 Å². The minimum atomic E-state index is 0.856. The summed E-state index contributed by atoms with van der Waals surface area (Å²) >= 11 is 1.72. The van der Waals surface area contributed by atoms with E-state index in [0.717, 1.165) is 16.4 Å². The van der Waals surface area contributed by atoms with Crippen LogP contribution in [0.15, 0.2) is 88.7 Å². The molecule has 0 saturated carbocycles. The van der Waals surface area contributed by atoms with Crippen LogP contribution >= 0.6 is 11.8 Å². The van der Waals surface area contributed by atoms with E-state index in [4.69, 9.17) is 4.74 Å². The van der Waals surface area contributed by atoms with Crippen molar-refractivity contribution >= 4 is 11.8 Å². The largest absolute Gasteiger partial charge is 0.456 e. The summed E-state index contributed by atoms with van der Waals surface area (Å²) in [6.07, 6.45) is 0. The van der Waals surface area contributed by atoms with Gasteiger partial charge in [0.1, 0.15) is 11.5 Å². The normalized spacial score (nSPS) is 10.3. The van der Waals surface area contributed by atoms with Gasteiger partial charge in [-0.1, -0.05) is 59.8 Å². The number of hydrogen-bond acceptors (Lipinski definition) is 2. The Labute approximate surface area is 129 Å². The first-order valence-electron chi connectivity index (χ1n) is 6.88. The highest BCUT2D eigenvalue weighted by molar-refractivity contribution is 7.99. The third kappa shape index (κ3) is 3.67. The summed E-state index contributed by atoms with van der Waals surface area (Å²) in [6, 6.07) is 26.5. The molecule has 0 aliphatic rings. The number of hydrogen-bond donors (Lipinski definition) is 0. The first-order chi connectivity index (χ1) is 10.3. The molecule has 0 aromatic heterocycles. The molecule has 3 rings (SSSR count). The van der Waals surface area contributed by atoms with Gasteiger partial charge >= 0.3 is 0 Å². The van der Waals surface area contributed by atoms with Crippen molar-refractivity contribution in [3.05, 3.63) is 84.4 Å². The number of rotatable bonds is 4. The lowest BCUT2D eigenvalue weighted by atomic mass is 10.2. The van der Waals surface area contributed by atoms with E-state index in [1.807, 2.05) is 48.5 Å². The van der Waals surface area contributed by atoms with E-state index in [1.54, 1.807) is 11.8 Å². The topological polar surface area (TPSA) is 9.23 Å². The fraction of sp³-hybridized carbons (Fsp3) is 0.0526. The molecule has 0 N–H and O–H groups in total. The Hall–Kier alpha value is -2.19. The average Bonchev–Trinajstić information content (AvgIpc) is 2.52. The smallest absolute Gasteiger partial charge is 0.141 e. The Morgan fingerprint density at radius 3 is 2.14 bits per heavy atom. The Balaban J connectivity index is 1.84. The summed E-state index contributed by atoms with van der Waals surface area (Å²) in [5.74, 6) is 1.74. The van der Waals surface area contributed by atoms with Crippen LogP contribution < -0.4 is 4.74 Å². The summed E-state index contributed by atoms with van der Waals surface area (Å²) in [4.78, 5) is 2.33. The van der Waals surface area contributed by atoms with Crippen LogP contribution in [0.25, 0.3) is 0 Å².